The SMILES string of the molecule is C1=Cc2c(n(-c3cc(-c4ccc(-c5ccc(-c6cc(-c7ccccc7)nc7ccc8ccccc8c67)cc5)cc4)cc(-n4c5ccccc5c5ccccc54)c3)c3ccccc23)CC1. The third-order valence-corrected chi connectivity index (χ3v) is 13.4. The van der Waals surface area contributed by atoms with Crippen LogP contribution >= 0.6 is 0 Å². The lowest BCUT2D eigenvalue weighted by Gasteiger charge is -2.18. The van der Waals surface area contributed by atoms with Crippen LogP contribution in [0.1, 0.15) is 17.7 Å². The van der Waals surface area contributed by atoms with E-state index in [1.54, 1.807) is 0 Å². The number of hydrogen-bond acceptors (Lipinski definition) is 1. The lowest BCUT2D eigenvalue weighted by molar-refractivity contribution is 0.888. The van der Waals surface area contributed by atoms with Crippen LogP contribution in [0.25, 0.3) is 116 Å². The predicted octanol–water partition coefficient (Wildman–Crippen LogP) is 16.1. The van der Waals surface area contributed by atoms with Crippen LogP contribution < -0.4 is 0 Å². The first kappa shape index (κ1) is 36.4. The number of para-hydroxylation sites is 3. The molecule has 13 rings (SSSR count). The van der Waals surface area contributed by atoms with E-state index < -0.39 is 0 Å². The molecule has 0 saturated carbocycles. The smallest absolute Gasteiger partial charge is 0.0722 e. The van der Waals surface area contributed by atoms with Crippen LogP contribution in [0.4, 0.5) is 0 Å². The Morgan fingerprint density at radius 1 is 0.391 bits per heavy atom. The highest BCUT2D eigenvalue weighted by Crippen LogP contribution is 2.40. The molecule has 1 aliphatic carbocycles. The van der Waals surface area contributed by atoms with E-state index in [-0.39, 0.29) is 0 Å². The van der Waals surface area contributed by atoms with E-state index in [2.05, 4.69) is 234 Å². The number of fused-ring (bicyclic) bond motifs is 9. The number of rotatable bonds is 6. The zero-order chi connectivity index (χ0) is 42.1. The van der Waals surface area contributed by atoms with Crippen molar-refractivity contribution in [2.24, 2.45) is 0 Å². The minimum atomic E-state index is 0.977. The average Bonchev–Trinajstić information content (AvgIpc) is 3.89. The number of hydrogen-bond donors (Lipinski definition) is 0. The van der Waals surface area contributed by atoms with Crippen LogP contribution in [-0.4, -0.2) is 14.1 Å². The average molecular weight is 816 g/mol. The van der Waals surface area contributed by atoms with Crippen molar-refractivity contribution in [3.63, 3.8) is 0 Å². The molecule has 0 atom stereocenters. The van der Waals surface area contributed by atoms with Gasteiger partial charge in [-0.15, -0.1) is 0 Å². The first-order valence-electron chi connectivity index (χ1n) is 22.3. The summed E-state index contributed by atoms with van der Waals surface area (Å²) in [7, 11) is 0. The number of pyridine rings is 1. The Morgan fingerprint density at radius 3 is 1.62 bits per heavy atom. The van der Waals surface area contributed by atoms with Crippen molar-refractivity contribution < 1.29 is 0 Å². The van der Waals surface area contributed by atoms with Gasteiger partial charge in [-0.1, -0.05) is 176 Å². The van der Waals surface area contributed by atoms with Gasteiger partial charge in [0.2, 0.25) is 0 Å². The van der Waals surface area contributed by atoms with Crippen LogP contribution in [0.3, 0.4) is 0 Å². The van der Waals surface area contributed by atoms with E-state index in [1.807, 2.05) is 0 Å². The molecular formula is C61H41N3. The van der Waals surface area contributed by atoms with Crippen molar-refractivity contribution in [1.29, 1.82) is 0 Å². The summed E-state index contributed by atoms with van der Waals surface area (Å²) in [4.78, 5) is 5.17. The first-order valence-corrected chi connectivity index (χ1v) is 22.3. The zero-order valence-electron chi connectivity index (χ0n) is 35.1. The molecule has 0 amide bonds. The van der Waals surface area contributed by atoms with Gasteiger partial charge >= 0.3 is 0 Å². The fraction of sp³-hybridized carbons (Fsp3) is 0.0328. The second-order valence-corrected chi connectivity index (χ2v) is 17.0. The molecule has 64 heavy (non-hydrogen) atoms. The lowest BCUT2D eigenvalue weighted by atomic mass is 9.93. The topological polar surface area (TPSA) is 22.8 Å². The van der Waals surface area contributed by atoms with Crippen LogP contribution in [0, 0.1) is 0 Å². The molecule has 1 aliphatic rings. The van der Waals surface area contributed by atoms with E-state index >= 15 is 0 Å². The molecule has 0 N–H and O–H groups in total. The van der Waals surface area contributed by atoms with E-state index in [0.717, 1.165) is 35.3 Å². The Hall–Kier alpha value is -8.27. The van der Waals surface area contributed by atoms with Gasteiger partial charge in [0.1, 0.15) is 0 Å². The molecule has 3 heteroatoms. The number of allylic oxidation sites excluding steroid dienone is 1. The Labute approximate surface area is 371 Å². The molecule has 0 saturated heterocycles. The molecular weight excluding hydrogens is 775 g/mol. The fourth-order valence-corrected chi connectivity index (χ4v) is 10.4. The summed E-state index contributed by atoms with van der Waals surface area (Å²) in [6, 6.07) is 77.5. The molecule has 9 aromatic carbocycles. The van der Waals surface area contributed by atoms with Crippen LogP contribution in [0.5, 0.6) is 0 Å². The van der Waals surface area contributed by atoms with E-state index in [9.17, 15) is 0 Å². The standard InChI is InChI=1S/C61H41N3/c1-2-15-45(16-3-1)56-39-54(61-49-17-5-4-14-43(49)34-35-55(61)62-56)44-32-30-41(31-33-44)40-26-28-42(29-27-40)46-36-47(63-57-22-10-6-18-50(57)51-19-7-11-23-58(51)63)38-48(37-46)64-59-24-12-8-20-52(59)53-21-9-13-25-60(53)64/h1-12,14-24,26-39H,13,25H2. The summed E-state index contributed by atoms with van der Waals surface area (Å²) in [5.41, 5.74) is 18.9. The maximum Gasteiger partial charge on any atom is 0.0722 e. The van der Waals surface area contributed by atoms with Gasteiger partial charge in [0.25, 0.3) is 0 Å². The molecule has 0 aliphatic heterocycles. The van der Waals surface area contributed by atoms with Gasteiger partial charge in [0, 0.05) is 49.7 Å². The summed E-state index contributed by atoms with van der Waals surface area (Å²) in [6.07, 6.45) is 6.68. The van der Waals surface area contributed by atoms with Gasteiger partial charge in [-0.05, 0) is 106 Å². The largest absolute Gasteiger partial charge is 0.313 e. The molecule has 3 heterocycles. The van der Waals surface area contributed by atoms with Gasteiger partial charge in [0.05, 0.1) is 27.8 Å². The Balaban J connectivity index is 0.932. The fourth-order valence-electron chi connectivity index (χ4n) is 10.4. The highest BCUT2D eigenvalue weighted by atomic mass is 15.0. The van der Waals surface area contributed by atoms with Crippen molar-refractivity contribution >= 4 is 60.5 Å². The molecule has 0 fully saturated rings. The second-order valence-electron chi connectivity index (χ2n) is 17.0. The first-order chi connectivity index (χ1) is 31.7. The Kier molecular flexibility index (Phi) is 8.35. The van der Waals surface area contributed by atoms with Crippen molar-refractivity contribution in [2.45, 2.75) is 12.8 Å². The predicted molar refractivity (Wildman–Crippen MR) is 270 cm³/mol. The summed E-state index contributed by atoms with van der Waals surface area (Å²) < 4.78 is 4.96. The van der Waals surface area contributed by atoms with Crippen molar-refractivity contribution in [2.75, 3.05) is 0 Å². The van der Waals surface area contributed by atoms with Crippen LogP contribution in [0.15, 0.2) is 218 Å². The zero-order valence-corrected chi connectivity index (χ0v) is 35.1. The van der Waals surface area contributed by atoms with Gasteiger partial charge in [-0.3, -0.25) is 0 Å². The van der Waals surface area contributed by atoms with Gasteiger partial charge < -0.3 is 9.13 Å². The summed E-state index contributed by atoms with van der Waals surface area (Å²) in [5.74, 6) is 0. The van der Waals surface area contributed by atoms with Crippen LogP contribution in [-0.2, 0) is 6.42 Å². The molecule has 12 aromatic rings. The Bertz CT molecular complexity index is 3760. The van der Waals surface area contributed by atoms with Gasteiger partial charge in [-0.25, -0.2) is 4.98 Å². The number of nitrogens with zero attached hydrogens (tertiary/aromatic N) is 3. The van der Waals surface area contributed by atoms with Gasteiger partial charge in [-0.2, -0.15) is 0 Å². The van der Waals surface area contributed by atoms with E-state index in [0.29, 0.717) is 0 Å². The Morgan fingerprint density at radius 2 is 0.938 bits per heavy atom. The summed E-state index contributed by atoms with van der Waals surface area (Å²) in [6.45, 7) is 0. The normalized spacial score (nSPS) is 12.5. The molecule has 0 radical (unpaired) electrons. The number of aromatic nitrogens is 3. The third-order valence-electron chi connectivity index (χ3n) is 13.4. The van der Waals surface area contributed by atoms with Crippen LogP contribution in [0.2, 0.25) is 0 Å². The summed E-state index contributed by atoms with van der Waals surface area (Å²) >= 11 is 0. The molecule has 0 unspecified atom stereocenters. The minimum absolute atomic E-state index is 0.977. The van der Waals surface area contributed by atoms with Crippen molar-refractivity contribution in [3.05, 3.63) is 230 Å². The van der Waals surface area contributed by atoms with Gasteiger partial charge in [0.15, 0.2) is 0 Å². The van der Waals surface area contributed by atoms with Crippen molar-refractivity contribution in [1.82, 2.24) is 14.1 Å². The number of benzene rings is 9. The van der Waals surface area contributed by atoms with E-state index in [4.69, 9.17) is 4.98 Å². The third kappa shape index (κ3) is 5.86. The molecule has 300 valence electrons. The molecule has 0 bridgehead atoms. The van der Waals surface area contributed by atoms with E-state index in [1.165, 1.54) is 99.2 Å². The molecule has 0 spiro atoms. The maximum absolute atomic E-state index is 5.17. The molecule has 3 aromatic heterocycles. The highest BCUT2D eigenvalue weighted by Gasteiger charge is 2.21. The maximum atomic E-state index is 5.17. The monoisotopic (exact) mass is 815 g/mol. The second kappa shape index (κ2) is 14.7. The quantitative estimate of drug-likeness (QED) is 0.153. The highest BCUT2D eigenvalue weighted by molar-refractivity contribution is 6.14. The summed E-state index contributed by atoms with van der Waals surface area (Å²) in [5, 5.41) is 7.44. The van der Waals surface area contributed by atoms with Crippen molar-refractivity contribution in [3.8, 4) is 56.0 Å². The minimum Gasteiger partial charge on any atom is -0.313 e. The molecule has 3 nitrogen and oxygen atoms in total. The lowest BCUT2D eigenvalue weighted by Crippen LogP contribution is -2.05.